The fourth-order valence-electron chi connectivity index (χ4n) is 3.38. The molecule has 0 heterocycles. The van der Waals surface area contributed by atoms with Crippen LogP contribution in [0.15, 0.2) is 24.3 Å². The van der Waals surface area contributed by atoms with Gasteiger partial charge in [0.25, 0.3) is 0 Å². The van der Waals surface area contributed by atoms with Crippen molar-refractivity contribution < 1.29 is 5.11 Å². The minimum atomic E-state index is -0.0669. The highest BCUT2D eigenvalue weighted by molar-refractivity contribution is 5.29. The SMILES string of the molecule is CCCCCC1(C#N)CCC(c2ccc(O)cc2)CC1. The molecular formula is C18H25NO. The monoisotopic (exact) mass is 271 g/mol. The molecule has 0 aliphatic heterocycles. The maximum atomic E-state index is 9.55. The van der Waals surface area contributed by atoms with E-state index in [1.807, 2.05) is 12.1 Å². The second kappa shape index (κ2) is 6.79. The molecule has 0 aromatic heterocycles. The molecule has 0 spiro atoms. The molecule has 0 radical (unpaired) electrons. The summed E-state index contributed by atoms with van der Waals surface area (Å²) >= 11 is 0. The van der Waals surface area contributed by atoms with Gasteiger partial charge in [-0.05, 0) is 55.7 Å². The van der Waals surface area contributed by atoms with Gasteiger partial charge in [-0.25, -0.2) is 0 Å². The van der Waals surface area contributed by atoms with Gasteiger partial charge in [0.2, 0.25) is 0 Å². The number of unbranched alkanes of at least 4 members (excludes halogenated alkanes) is 2. The van der Waals surface area contributed by atoms with Gasteiger partial charge in [-0.15, -0.1) is 0 Å². The van der Waals surface area contributed by atoms with Crippen molar-refractivity contribution in [2.75, 3.05) is 0 Å². The number of phenols is 1. The Morgan fingerprint density at radius 1 is 1.20 bits per heavy atom. The molecule has 1 aromatic rings. The lowest BCUT2D eigenvalue weighted by atomic mass is 9.67. The van der Waals surface area contributed by atoms with E-state index >= 15 is 0 Å². The van der Waals surface area contributed by atoms with Crippen LogP contribution in [0.1, 0.15) is 69.8 Å². The topological polar surface area (TPSA) is 44.0 Å². The van der Waals surface area contributed by atoms with Gasteiger partial charge in [0.1, 0.15) is 5.75 Å². The van der Waals surface area contributed by atoms with Gasteiger partial charge in [0, 0.05) is 0 Å². The van der Waals surface area contributed by atoms with Gasteiger partial charge in [-0.2, -0.15) is 5.26 Å². The molecule has 1 aliphatic rings. The molecule has 1 saturated carbocycles. The summed E-state index contributed by atoms with van der Waals surface area (Å²) in [6, 6.07) is 10.2. The van der Waals surface area contributed by atoms with E-state index in [9.17, 15) is 10.4 Å². The van der Waals surface area contributed by atoms with Crippen LogP contribution in [0.4, 0.5) is 0 Å². The fraction of sp³-hybridized carbons (Fsp3) is 0.611. The summed E-state index contributed by atoms with van der Waals surface area (Å²) in [6.45, 7) is 2.21. The van der Waals surface area contributed by atoms with Crippen LogP contribution in [0.25, 0.3) is 0 Å². The molecule has 2 heteroatoms. The zero-order valence-electron chi connectivity index (χ0n) is 12.4. The highest BCUT2D eigenvalue weighted by Gasteiger charge is 2.35. The van der Waals surface area contributed by atoms with Crippen LogP contribution in [-0.2, 0) is 0 Å². The standard InChI is InChI=1S/C18H25NO/c1-2-3-4-11-18(14-19)12-9-16(10-13-18)15-5-7-17(20)8-6-15/h5-8,16,20H,2-4,9-13H2,1H3. The Morgan fingerprint density at radius 3 is 2.40 bits per heavy atom. The molecule has 1 aromatic carbocycles. The van der Waals surface area contributed by atoms with Crippen LogP contribution in [0.2, 0.25) is 0 Å². The van der Waals surface area contributed by atoms with E-state index in [0.29, 0.717) is 11.7 Å². The van der Waals surface area contributed by atoms with Crippen LogP contribution < -0.4 is 0 Å². The van der Waals surface area contributed by atoms with Crippen LogP contribution in [0.3, 0.4) is 0 Å². The predicted molar refractivity (Wildman–Crippen MR) is 81.5 cm³/mol. The van der Waals surface area contributed by atoms with Crippen molar-refractivity contribution in [3.63, 3.8) is 0 Å². The second-order valence-corrected chi connectivity index (χ2v) is 6.22. The Kier molecular flexibility index (Phi) is 5.06. The van der Waals surface area contributed by atoms with E-state index in [1.165, 1.54) is 24.8 Å². The largest absolute Gasteiger partial charge is 0.508 e. The minimum absolute atomic E-state index is 0.0669. The summed E-state index contributed by atoms with van der Waals surface area (Å²) < 4.78 is 0. The average Bonchev–Trinajstić information content (AvgIpc) is 2.49. The first kappa shape index (κ1) is 14.9. The summed E-state index contributed by atoms with van der Waals surface area (Å²) in [6.07, 6.45) is 8.97. The molecule has 1 N–H and O–H groups in total. The van der Waals surface area contributed by atoms with Gasteiger partial charge in [-0.1, -0.05) is 38.3 Å². The number of hydrogen-bond acceptors (Lipinski definition) is 2. The third kappa shape index (κ3) is 3.54. The number of aromatic hydroxyl groups is 1. The molecule has 1 aliphatic carbocycles. The van der Waals surface area contributed by atoms with Crippen molar-refractivity contribution >= 4 is 0 Å². The lowest BCUT2D eigenvalue weighted by Gasteiger charge is -2.35. The van der Waals surface area contributed by atoms with Crippen LogP contribution in [0, 0.1) is 16.7 Å². The molecule has 0 unspecified atom stereocenters. The maximum Gasteiger partial charge on any atom is 0.115 e. The summed E-state index contributed by atoms with van der Waals surface area (Å²) in [5.74, 6) is 0.888. The third-order valence-electron chi connectivity index (χ3n) is 4.80. The Bertz CT molecular complexity index is 449. The van der Waals surface area contributed by atoms with Crippen molar-refractivity contribution in [3.8, 4) is 11.8 Å². The van der Waals surface area contributed by atoms with E-state index in [0.717, 1.165) is 32.1 Å². The zero-order chi connectivity index (χ0) is 14.4. The first-order chi connectivity index (χ1) is 9.69. The van der Waals surface area contributed by atoms with Gasteiger partial charge in [-0.3, -0.25) is 0 Å². The third-order valence-corrected chi connectivity index (χ3v) is 4.80. The lowest BCUT2D eigenvalue weighted by Crippen LogP contribution is -2.25. The quantitative estimate of drug-likeness (QED) is 0.753. The molecule has 0 saturated heterocycles. The highest BCUT2D eigenvalue weighted by Crippen LogP contribution is 2.45. The number of nitrogens with zero attached hydrogens (tertiary/aromatic N) is 1. The summed E-state index contributed by atoms with van der Waals surface area (Å²) in [5.41, 5.74) is 1.24. The smallest absolute Gasteiger partial charge is 0.115 e. The number of phenolic OH excluding ortho intramolecular Hbond substituents is 1. The number of benzene rings is 1. The van der Waals surface area contributed by atoms with Gasteiger partial charge < -0.3 is 5.11 Å². The maximum absolute atomic E-state index is 9.55. The van der Waals surface area contributed by atoms with E-state index in [4.69, 9.17) is 0 Å². The molecule has 108 valence electrons. The Hall–Kier alpha value is -1.49. The van der Waals surface area contributed by atoms with Gasteiger partial charge in [0.15, 0.2) is 0 Å². The Morgan fingerprint density at radius 2 is 1.85 bits per heavy atom. The molecule has 2 rings (SSSR count). The number of nitriles is 1. The van der Waals surface area contributed by atoms with Crippen LogP contribution >= 0.6 is 0 Å². The van der Waals surface area contributed by atoms with Crippen molar-refractivity contribution in [3.05, 3.63) is 29.8 Å². The predicted octanol–water partition coefficient (Wildman–Crippen LogP) is 5.14. The van der Waals surface area contributed by atoms with E-state index < -0.39 is 0 Å². The number of rotatable bonds is 5. The minimum Gasteiger partial charge on any atom is -0.508 e. The Balaban J connectivity index is 1.93. The molecule has 2 nitrogen and oxygen atoms in total. The van der Waals surface area contributed by atoms with E-state index in [1.54, 1.807) is 12.1 Å². The van der Waals surface area contributed by atoms with Gasteiger partial charge >= 0.3 is 0 Å². The van der Waals surface area contributed by atoms with E-state index in [2.05, 4.69) is 13.0 Å². The molecule has 20 heavy (non-hydrogen) atoms. The zero-order valence-corrected chi connectivity index (χ0v) is 12.4. The van der Waals surface area contributed by atoms with Gasteiger partial charge in [0.05, 0.1) is 11.5 Å². The molecular weight excluding hydrogens is 246 g/mol. The van der Waals surface area contributed by atoms with Crippen LogP contribution in [-0.4, -0.2) is 5.11 Å². The highest BCUT2D eigenvalue weighted by atomic mass is 16.3. The number of hydrogen-bond donors (Lipinski definition) is 1. The first-order valence-corrected chi connectivity index (χ1v) is 7.89. The molecule has 0 amide bonds. The van der Waals surface area contributed by atoms with Crippen molar-refractivity contribution in [2.45, 2.75) is 64.2 Å². The van der Waals surface area contributed by atoms with E-state index in [-0.39, 0.29) is 5.41 Å². The normalized spacial score (nSPS) is 26.1. The summed E-state index contributed by atoms with van der Waals surface area (Å²) in [4.78, 5) is 0. The molecule has 1 fully saturated rings. The average molecular weight is 271 g/mol. The second-order valence-electron chi connectivity index (χ2n) is 6.22. The summed E-state index contributed by atoms with van der Waals surface area (Å²) in [5, 5.41) is 18.9. The summed E-state index contributed by atoms with van der Waals surface area (Å²) in [7, 11) is 0. The lowest BCUT2D eigenvalue weighted by molar-refractivity contribution is 0.223. The molecule has 0 atom stereocenters. The van der Waals surface area contributed by atoms with Crippen molar-refractivity contribution in [2.24, 2.45) is 5.41 Å². The van der Waals surface area contributed by atoms with Crippen molar-refractivity contribution in [1.29, 1.82) is 5.26 Å². The fourth-order valence-corrected chi connectivity index (χ4v) is 3.38. The first-order valence-electron chi connectivity index (χ1n) is 7.89. The van der Waals surface area contributed by atoms with Crippen molar-refractivity contribution in [1.82, 2.24) is 0 Å². The molecule has 0 bridgehead atoms. The Labute approximate surface area is 122 Å². The van der Waals surface area contributed by atoms with Crippen LogP contribution in [0.5, 0.6) is 5.75 Å².